The first-order valence-corrected chi connectivity index (χ1v) is 8.45. The molecule has 0 radical (unpaired) electrons. The van der Waals surface area contributed by atoms with Gasteiger partial charge in [0.25, 0.3) is 15.9 Å². The van der Waals surface area contributed by atoms with E-state index in [2.05, 4.69) is 15.0 Å². The van der Waals surface area contributed by atoms with Crippen molar-refractivity contribution in [2.45, 2.75) is 11.4 Å². The van der Waals surface area contributed by atoms with Crippen LogP contribution in [0.15, 0.2) is 35.4 Å². The molecule has 8 nitrogen and oxygen atoms in total. The number of benzene rings is 1. The Morgan fingerprint density at radius 3 is 2.71 bits per heavy atom. The van der Waals surface area contributed by atoms with Gasteiger partial charge in [-0.25, -0.2) is 8.42 Å². The van der Waals surface area contributed by atoms with Crippen molar-refractivity contribution in [2.75, 3.05) is 18.9 Å². The number of carbonyl (C=O) groups is 1. The zero-order chi connectivity index (χ0) is 17.3. The number of hydrogen-bond acceptors (Lipinski definition) is 6. The molecule has 0 saturated heterocycles. The van der Waals surface area contributed by atoms with E-state index < -0.39 is 10.0 Å². The average molecular weight is 349 g/mol. The number of hydrogen-bond donors (Lipinski definition) is 2. The van der Waals surface area contributed by atoms with Crippen molar-refractivity contribution >= 4 is 21.6 Å². The summed E-state index contributed by atoms with van der Waals surface area (Å²) in [5, 5.41) is 2.62. The molecule has 1 aromatic carbocycles. The van der Waals surface area contributed by atoms with Gasteiger partial charge in [-0.2, -0.15) is 0 Å². The number of methoxy groups -OCH3 is 2. The number of fused-ring (bicyclic) bond motifs is 1. The third-order valence-electron chi connectivity index (χ3n) is 3.54. The summed E-state index contributed by atoms with van der Waals surface area (Å²) in [5.74, 6) is 0.273. The van der Waals surface area contributed by atoms with E-state index >= 15 is 0 Å². The Hall–Kier alpha value is -2.81. The maximum absolute atomic E-state index is 12.7. The summed E-state index contributed by atoms with van der Waals surface area (Å²) >= 11 is 0. The number of anilines is 1. The third-order valence-corrected chi connectivity index (χ3v) is 4.95. The number of amides is 1. The Balaban J connectivity index is 1.98. The number of aromatic nitrogens is 1. The minimum absolute atomic E-state index is 0.0747. The molecule has 126 valence electrons. The molecule has 24 heavy (non-hydrogen) atoms. The van der Waals surface area contributed by atoms with Crippen LogP contribution in [0.2, 0.25) is 0 Å². The first kappa shape index (κ1) is 16.1. The van der Waals surface area contributed by atoms with E-state index in [1.807, 2.05) is 0 Å². The Morgan fingerprint density at radius 1 is 1.21 bits per heavy atom. The van der Waals surface area contributed by atoms with Crippen LogP contribution in [0.4, 0.5) is 5.69 Å². The topological polar surface area (TPSA) is 107 Å². The van der Waals surface area contributed by atoms with Crippen molar-refractivity contribution in [3.05, 3.63) is 41.7 Å². The molecule has 0 saturated carbocycles. The number of nitrogens with one attached hydrogen (secondary N) is 2. The molecule has 2 aromatic rings. The molecule has 9 heteroatoms. The lowest BCUT2D eigenvalue weighted by molar-refractivity contribution is 0.0965. The Bertz CT molecular complexity index is 911. The minimum atomic E-state index is -3.95. The highest BCUT2D eigenvalue weighted by Crippen LogP contribution is 2.30. The summed E-state index contributed by atoms with van der Waals surface area (Å²) < 4.78 is 37.9. The van der Waals surface area contributed by atoms with E-state index in [1.54, 1.807) is 6.07 Å². The predicted octanol–water partition coefficient (Wildman–Crippen LogP) is 1.14. The summed E-state index contributed by atoms with van der Waals surface area (Å²) in [4.78, 5) is 15.7. The SMILES string of the molecule is COc1ccc(OC)c(S(=O)(=O)Nc2cnc3c(c2)C(=O)NC3)c1. The molecule has 0 atom stereocenters. The molecule has 0 aliphatic carbocycles. The fraction of sp³-hybridized carbons (Fsp3) is 0.200. The van der Waals surface area contributed by atoms with Crippen molar-refractivity contribution in [1.82, 2.24) is 10.3 Å². The highest BCUT2D eigenvalue weighted by molar-refractivity contribution is 7.92. The largest absolute Gasteiger partial charge is 0.497 e. The molecule has 1 amide bonds. The van der Waals surface area contributed by atoms with E-state index in [0.717, 1.165) is 0 Å². The molecule has 0 fully saturated rings. The molecule has 0 unspecified atom stereocenters. The monoisotopic (exact) mass is 349 g/mol. The summed E-state index contributed by atoms with van der Waals surface area (Å²) in [6.45, 7) is 0.338. The first-order chi connectivity index (χ1) is 11.4. The third kappa shape index (κ3) is 2.85. The number of ether oxygens (including phenoxy) is 2. The van der Waals surface area contributed by atoms with Crippen molar-refractivity contribution < 1.29 is 22.7 Å². The molecule has 1 aliphatic heterocycles. The molecule has 2 N–H and O–H groups in total. The zero-order valence-corrected chi connectivity index (χ0v) is 13.8. The summed E-state index contributed by atoms with van der Waals surface area (Å²) in [6.07, 6.45) is 1.36. The van der Waals surface area contributed by atoms with Gasteiger partial charge in [0.15, 0.2) is 0 Å². The van der Waals surface area contributed by atoms with Crippen molar-refractivity contribution in [3.8, 4) is 11.5 Å². The smallest absolute Gasteiger partial charge is 0.265 e. The number of sulfonamides is 1. The second kappa shape index (κ2) is 6.00. The molecule has 2 heterocycles. The second-order valence-corrected chi connectivity index (χ2v) is 6.67. The van der Waals surface area contributed by atoms with E-state index in [1.165, 1.54) is 38.6 Å². The van der Waals surface area contributed by atoms with Gasteiger partial charge in [0.2, 0.25) is 0 Å². The van der Waals surface area contributed by atoms with Crippen LogP contribution in [0.5, 0.6) is 11.5 Å². The number of pyridine rings is 1. The fourth-order valence-corrected chi connectivity index (χ4v) is 3.57. The summed E-state index contributed by atoms with van der Waals surface area (Å²) in [6, 6.07) is 5.91. The van der Waals surface area contributed by atoms with Crippen molar-refractivity contribution in [1.29, 1.82) is 0 Å². The minimum Gasteiger partial charge on any atom is -0.497 e. The van der Waals surface area contributed by atoms with Gasteiger partial charge < -0.3 is 14.8 Å². The lowest BCUT2D eigenvalue weighted by Gasteiger charge is -2.13. The molecule has 3 rings (SSSR count). The Morgan fingerprint density at radius 2 is 2.00 bits per heavy atom. The van der Waals surface area contributed by atoms with E-state index in [9.17, 15) is 13.2 Å². The Kier molecular flexibility index (Phi) is 4.02. The van der Waals surface area contributed by atoms with Gasteiger partial charge in [-0.05, 0) is 18.2 Å². The number of rotatable bonds is 5. The van der Waals surface area contributed by atoms with Crippen LogP contribution >= 0.6 is 0 Å². The quantitative estimate of drug-likeness (QED) is 0.838. The molecule has 0 spiro atoms. The standard InChI is InChI=1S/C15H15N3O5S/c1-22-10-3-4-13(23-2)14(6-10)24(20,21)18-9-5-11-12(16-7-9)8-17-15(11)19/h3-7,18H,8H2,1-2H3,(H,17,19). The molecular weight excluding hydrogens is 334 g/mol. The van der Waals surface area contributed by atoms with Crippen LogP contribution in [0.25, 0.3) is 0 Å². The average Bonchev–Trinajstić information content (AvgIpc) is 2.94. The fourth-order valence-electron chi connectivity index (χ4n) is 2.35. The number of carbonyl (C=O) groups excluding carboxylic acids is 1. The second-order valence-electron chi connectivity index (χ2n) is 5.02. The van der Waals surface area contributed by atoms with Gasteiger partial charge >= 0.3 is 0 Å². The predicted molar refractivity (Wildman–Crippen MR) is 85.8 cm³/mol. The molecular formula is C15H15N3O5S. The molecule has 1 aromatic heterocycles. The summed E-state index contributed by atoms with van der Waals surface area (Å²) in [5.41, 5.74) is 1.13. The van der Waals surface area contributed by atoms with E-state index in [-0.39, 0.29) is 22.2 Å². The molecule has 0 bridgehead atoms. The van der Waals surface area contributed by atoms with Gasteiger partial charge in [0.05, 0.1) is 43.9 Å². The van der Waals surface area contributed by atoms with Gasteiger partial charge in [0.1, 0.15) is 16.4 Å². The van der Waals surface area contributed by atoms with Crippen LogP contribution in [-0.2, 0) is 16.6 Å². The lowest BCUT2D eigenvalue weighted by atomic mass is 10.2. The van der Waals surface area contributed by atoms with Gasteiger partial charge in [0, 0.05) is 6.07 Å². The van der Waals surface area contributed by atoms with E-state index in [0.29, 0.717) is 23.6 Å². The van der Waals surface area contributed by atoms with Gasteiger partial charge in [-0.15, -0.1) is 0 Å². The van der Waals surface area contributed by atoms with Crippen molar-refractivity contribution in [3.63, 3.8) is 0 Å². The maximum atomic E-state index is 12.7. The summed E-state index contributed by atoms with van der Waals surface area (Å²) in [7, 11) is -1.13. The highest BCUT2D eigenvalue weighted by atomic mass is 32.2. The van der Waals surface area contributed by atoms with Gasteiger partial charge in [-0.3, -0.25) is 14.5 Å². The lowest BCUT2D eigenvalue weighted by Crippen LogP contribution is -2.15. The van der Waals surface area contributed by atoms with Crippen LogP contribution in [0, 0.1) is 0 Å². The van der Waals surface area contributed by atoms with Gasteiger partial charge in [-0.1, -0.05) is 0 Å². The first-order valence-electron chi connectivity index (χ1n) is 6.96. The van der Waals surface area contributed by atoms with E-state index in [4.69, 9.17) is 9.47 Å². The van der Waals surface area contributed by atoms with Crippen LogP contribution in [-0.4, -0.2) is 33.5 Å². The maximum Gasteiger partial charge on any atom is 0.265 e. The number of nitrogens with zero attached hydrogens (tertiary/aromatic N) is 1. The van der Waals surface area contributed by atoms with Crippen LogP contribution in [0.3, 0.4) is 0 Å². The van der Waals surface area contributed by atoms with Crippen LogP contribution < -0.4 is 19.5 Å². The zero-order valence-electron chi connectivity index (χ0n) is 13.0. The normalized spacial score (nSPS) is 13.2. The van der Waals surface area contributed by atoms with Crippen LogP contribution in [0.1, 0.15) is 16.1 Å². The molecule has 1 aliphatic rings. The Labute approximate surface area is 138 Å². The van der Waals surface area contributed by atoms with Crippen molar-refractivity contribution in [2.24, 2.45) is 0 Å². The highest BCUT2D eigenvalue weighted by Gasteiger charge is 2.24.